The van der Waals surface area contributed by atoms with Crippen molar-refractivity contribution in [2.75, 3.05) is 0 Å². The highest BCUT2D eigenvalue weighted by Gasteiger charge is 2.55. The Balaban J connectivity index is 3.31. The van der Waals surface area contributed by atoms with E-state index < -0.39 is 54.5 Å². The number of carbonyl (C=O) groups is 3. The number of hydrogen-bond donors (Lipinski definition) is 3. The van der Waals surface area contributed by atoms with E-state index in [1.165, 1.54) is 20.8 Å². The standard InChI is InChI=1S/C18H24O9/c1-7(2)16(22)25-13-11(20)10(19)12(21)14(26-17(23)8(3)4)15(13)27-18(24)9(5)6/h10-15,19-21H,1,3,5H2,2,4,6H3. The van der Waals surface area contributed by atoms with Crippen molar-refractivity contribution in [2.45, 2.75) is 57.4 Å². The van der Waals surface area contributed by atoms with E-state index >= 15 is 0 Å². The summed E-state index contributed by atoms with van der Waals surface area (Å²) in [5.41, 5.74) is -0.0772. The third-order valence-corrected chi connectivity index (χ3v) is 3.80. The van der Waals surface area contributed by atoms with Gasteiger partial charge in [-0.2, -0.15) is 0 Å². The summed E-state index contributed by atoms with van der Waals surface area (Å²) < 4.78 is 15.3. The second-order valence-corrected chi connectivity index (χ2v) is 6.42. The number of ether oxygens (including phenoxy) is 3. The molecule has 1 saturated carbocycles. The van der Waals surface area contributed by atoms with Crippen LogP contribution in [0, 0.1) is 0 Å². The molecule has 4 atom stereocenters. The molecule has 9 nitrogen and oxygen atoms in total. The summed E-state index contributed by atoms with van der Waals surface area (Å²) >= 11 is 0. The molecule has 0 aromatic heterocycles. The first-order valence-corrected chi connectivity index (χ1v) is 8.02. The predicted molar refractivity (Wildman–Crippen MR) is 92.1 cm³/mol. The predicted octanol–water partition coefficient (Wildman–Crippen LogP) is -0.454. The third kappa shape index (κ3) is 5.25. The molecule has 0 heterocycles. The minimum atomic E-state index is -1.85. The first-order chi connectivity index (χ1) is 12.4. The van der Waals surface area contributed by atoms with Gasteiger partial charge in [0.05, 0.1) is 0 Å². The van der Waals surface area contributed by atoms with Crippen LogP contribution in [0.2, 0.25) is 0 Å². The van der Waals surface area contributed by atoms with Gasteiger partial charge in [-0.15, -0.1) is 0 Å². The molecule has 0 aromatic rings. The van der Waals surface area contributed by atoms with Crippen molar-refractivity contribution < 1.29 is 43.9 Å². The van der Waals surface area contributed by atoms with E-state index in [0.29, 0.717) is 0 Å². The van der Waals surface area contributed by atoms with Gasteiger partial charge in [-0.3, -0.25) is 0 Å². The number of esters is 3. The maximum atomic E-state index is 12.0. The van der Waals surface area contributed by atoms with Gasteiger partial charge >= 0.3 is 17.9 Å². The molecule has 0 aliphatic heterocycles. The van der Waals surface area contributed by atoms with Gasteiger partial charge < -0.3 is 29.5 Å². The minimum absolute atomic E-state index is 0.0247. The van der Waals surface area contributed by atoms with Crippen LogP contribution in [0.25, 0.3) is 0 Å². The molecule has 0 saturated heterocycles. The van der Waals surface area contributed by atoms with Gasteiger partial charge in [0, 0.05) is 16.7 Å². The molecule has 1 aliphatic carbocycles. The zero-order chi connectivity index (χ0) is 21.0. The molecule has 1 aliphatic rings. The Hall–Kier alpha value is -2.49. The van der Waals surface area contributed by atoms with Gasteiger partial charge in [0.25, 0.3) is 0 Å². The van der Waals surface area contributed by atoms with Crippen LogP contribution in [-0.2, 0) is 28.6 Å². The second-order valence-electron chi connectivity index (χ2n) is 6.42. The lowest BCUT2D eigenvalue weighted by molar-refractivity contribution is -0.244. The summed E-state index contributed by atoms with van der Waals surface area (Å²) in [6, 6.07) is 0. The maximum absolute atomic E-state index is 12.0. The Kier molecular flexibility index (Phi) is 7.46. The molecule has 27 heavy (non-hydrogen) atoms. The van der Waals surface area contributed by atoms with E-state index in [9.17, 15) is 29.7 Å². The lowest BCUT2D eigenvalue weighted by Gasteiger charge is -2.44. The maximum Gasteiger partial charge on any atom is 0.333 e. The molecule has 9 heteroatoms. The normalized spacial score (nSPS) is 30.0. The topological polar surface area (TPSA) is 140 Å². The largest absolute Gasteiger partial charge is 0.452 e. The highest BCUT2D eigenvalue weighted by atomic mass is 16.6. The highest BCUT2D eigenvalue weighted by molar-refractivity contribution is 5.88. The summed E-state index contributed by atoms with van der Waals surface area (Å²) in [6.45, 7) is 14.2. The average molecular weight is 384 g/mol. The Labute approximate surface area is 156 Å². The van der Waals surface area contributed by atoms with Gasteiger partial charge in [-0.25, -0.2) is 14.4 Å². The minimum Gasteiger partial charge on any atom is -0.452 e. The quantitative estimate of drug-likeness (QED) is 0.315. The van der Waals surface area contributed by atoms with Crippen molar-refractivity contribution in [3.63, 3.8) is 0 Å². The van der Waals surface area contributed by atoms with Crippen LogP contribution < -0.4 is 0 Å². The highest BCUT2D eigenvalue weighted by Crippen LogP contribution is 2.30. The van der Waals surface area contributed by atoms with Crippen LogP contribution in [0.4, 0.5) is 0 Å². The molecule has 0 aromatic carbocycles. The monoisotopic (exact) mass is 384 g/mol. The van der Waals surface area contributed by atoms with E-state index in [1.807, 2.05) is 0 Å². The summed E-state index contributed by atoms with van der Waals surface area (Å²) in [4.78, 5) is 35.8. The van der Waals surface area contributed by atoms with Crippen molar-refractivity contribution in [3.05, 3.63) is 36.5 Å². The van der Waals surface area contributed by atoms with Gasteiger partial charge in [0.15, 0.2) is 18.3 Å². The molecule has 3 N–H and O–H groups in total. The van der Waals surface area contributed by atoms with E-state index in [0.717, 1.165) is 0 Å². The fourth-order valence-electron chi connectivity index (χ4n) is 2.25. The van der Waals surface area contributed by atoms with Crippen LogP contribution in [0.3, 0.4) is 0 Å². The summed E-state index contributed by atoms with van der Waals surface area (Å²) in [7, 11) is 0. The molecule has 150 valence electrons. The number of hydrogen-bond acceptors (Lipinski definition) is 9. The van der Waals surface area contributed by atoms with Gasteiger partial charge in [-0.05, 0) is 20.8 Å². The van der Waals surface area contributed by atoms with Crippen molar-refractivity contribution in [3.8, 4) is 0 Å². The lowest BCUT2D eigenvalue weighted by atomic mass is 9.84. The smallest absolute Gasteiger partial charge is 0.333 e. The van der Waals surface area contributed by atoms with E-state index in [1.54, 1.807) is 0 Å². The molecular weight excluding hydrogens is 360 g/mol. The van der Waals surface area contributed by atoms with Crippen molar-refractivity contribution >= 4 is 17.9 Å². The first-order valence-electron chi connectivity index (χ1n) is 8.02. The lowest BCUT2D eigenvalue weighted by Crippen LogP contribution is -2.66. The van der Waals surface area contributed by atoms with Gasteiger partial charge in [0.1, 0.15) is 18.3 Å². The number of rotatable bonds is 6. The summed E-state index contributed by atoms with van der Waals surface area (Å²) in [6.07, 6.45) is -10.4. The van der Waals surface area contributed by atoms with Crippen LogP contribution >= 0.6 is 0 Å². The molecular formula is C18H24O9. The van der Waals surface area contributed by atoms with E-state index in [-0.39, 0.29) is 16.7 Å². The Bertz CT molecular complexity index is 624. The molecule has 0 amide bonds. The average Bonchev–Trinajstić information content (AvgIpc) is 2.58. The second kappa shape index (κ2) is 8.94. The molecule has 4 unspecified atom stereocenters. The fraction of sp³-hybridized carbons (Fsp3) is 0.500. The third-order valence-electron chi connectivity index (χ3n) is 3.80. The van der Waals surface area contributed by atoms with Crippen LogP contribution in [0.1, 0.15) is 20.8 Å². The van der Waals surface area contributed by atoms with Crippen molar-refractivity contribution in [2.24, 2.45) is 0 Å². The molecule has 0 bridgehead atoms. The zero-order valence-corrected chi connectivity index (χ0v) is 15.4. The Morgan fingerprint density at radius 3 is 1.11 bits per heavy atom. The first kappa shape index (κ1) is 22.6. The van der Waals surface area contributed by atoms with E-state index in [2.05, 4.69) is 19.7 Å². The molecule has 1 rings (SSSR count). The van der Waals surface area contributed by atoms with Crippen molar-refractivity contribution in [1.82, 2.24) is 0 Å². The fourth-order valence-corrected chi connectivity index (χ4v) is 2.25. The van der Waals surface area contributed by atoms with Crippen LogP contribution in [0.15, 0.2) is 36.5 Å². The van der Waals surface area contributed by atoms with Crippen molar-refractivity contribution in [1.29, 1.82) is 0 Å². The van der Waals surface area contributed by atoms with Crippen LogP contribution in [-0.4, -0.2) is 69.9 Å². The number of aliphatic hydroxyl groups excluding tert-OH is 3. The molecule has 0 spiro atoms. The van der Waals surface area contributed by atoms with E-state index in [4.69, 9.17) is 14.2 Å². The Morgan fingerprint density at radius 2 is 0.852 bits per heavy atom. The van der Waals surface area contributed by atoms with Gasteiger partial charge in [-0.1, -0.05) is 19.7 Å². The van der Waals surface area contributed by atoms with Gasteiger partial charge in [0.2, 0.25) is 0 Å². The van der Waals surface area contributed by atoms with Crippen LogP contribution in [0.5, 0.6) is 0 Å². The molecule has 0 radical (unpaired) electrons. The zero-order valence-electron chi connectivity index (χ0n) is 15.4. The summed E-state index contributed by atoms with van der Waals surface area (Å²) in [5.74, 6) is -2.82. The summed E-state index contributed by atoms with van der Waals surface area (Å²) in [5, 5.41) is 30.5. The number of aliphatic hydroxyl groups is 3. The SMILES string of the molecule is C=C(C)C(=O)OC1C(O)C(O)C(O)C(OC(=O)C(=C)C)C1OC(=O)C(=C)C. The Morgan fingerprint density at radius 1 is 0.593 bits per heavy atom. The molecule has 1 fully saturated rings. The number of carbonyl (C=O) groups excluding carboxylic acids is 3.